The maximum absolute atomic E-state index is 13.2. The number of rotatable bonds is 5. The number of carboxylic acid groups (broad SMARTS) is 1. The highest BCUT2D eigenvalue weighted by Crippen LogP contribution is 2.32. The molecule has 1 heterocycles. The highest BCUT2D eigenvalue weighted by Gasteiger charge is 2.30. The molecule has 2 rings (SSSR count). The van der Waals surface area contributed by atoms with Crippen molar-refractivity contribution < 1.29 is 23.9 Å². The fourth-order valence-corrected chi connectivity index (χ4v) is 2.25. The van der Waals surface area contributed by atoms with Crippen molar-refractivity contribution in [2.45, 2.75) is 25.2 Å². The molecule has 2 amide bonds. The van der Waals surface area contributed by atoms with Crippen LogP contribution in [0.2, 0.25) is 0 Å². The lowest BCUT2D eigenvalue weighted by Gasteiger charge is -2.24. The summed E-state index contributed by atoms with van der Waals surface area (Å²) in [4.78, 5) is 34.1. The van der Waals surface area contributed by atoms with E-state index in [1.165, 1.54) is 18.2 Å². The summed E-state index contributed by atoms with van der Waals surface area (Å²) < 4.78 is 13.2. The van der Waals surface area contributed by atoms with Gasteiger partial charge < -0.3 is 15.7 Å². The van der Waals surface area contributed by atoms with Crippen molar-refractivity contribution in [3.05, 3.63) is 29.6 Å². The molecule has 0 saturated heterocycles. The molecule has 6 nitrogen and oxygen atoms in total. The number of fused-ring (bicyclic) bond motifs is 1. The molecule has 0 aromatic heterocycles. The summed E-state index contributed by atoms with van der Waals surface area (Å²) in [6, 6.07) is 3.89. The van der Waals surface area contributed by atoms with Crippen molar-refractivity contribution in [3.63, 3.8) is 0 Å². The number of carboxylic acids is 1. The molecule has 1 aromatic rings. The van der Waals surface area contributed by atoms with E-state index in [2.05, 4.69) is 10.6 Å². The van der Waals surface area contributed by atoms with Crippen LogP contribution in [0, 0.1) is 5.82 Å². The zero-order valence-electron chi connectivity index (χ0n) is 11.2. The zero-order chi connectivity index (χ0) is 15.4. The molecule has 0 aliphatic carbocycles. The second-order valence-electron chi connectivity index (χ2n) is 4.82. The molecule has 0 unspecified atom stereocenters. The first-order valence-electron chi connectivity index (χ1n) is 6.56. The minimum absolute atomic E-state index is 0.0105. The minimum Gasteiger partial charge on any atom is -0.481 e. The number of hydrogen-bond donors (Lipinski definition) is 3. The summed E-state index contributed by atoms with van der Waals surface area (Å²) in [6.45, 7) is 0.222. The van der Waals surface area contributed by atoms with Gasteiger partial charge in [-0.3, -0.25) is 14.4 Å². The van der Waals surface area contributed by atoms with Gasteiger partial charge in [0.25, 0.3) is 0 Å². The topological polar surface area (TPSA) is 95.5 Å². The monoisotopic (exact) mass is 294 g/mol. The smallest absolute Gasteiger partial charge is 0.303 e. The van der Waals surface area contributed by atoms with Crippen LogP contribution in [0.15, 0.2) is 18.2 Å². The highest BCUT2D eigenvalue weighted by molar-refractivity contribution is 6.01. The Morgan fingerprint density at radius 1 is 1.43 bits per heavy atom. The van der Waals surface area contributed by atoms with Gasteiger partial charge in [0.1, 0.15) is 5.82 Å². The van der Waals surface area contributed by atoms with Gasteiger partial charge in [-0.1, -0.05) is 6.07 Å². The summed E-state index contributed by atoms with van der Waals surface area (Å²) in [7, 11) is 0. The Labute approximate surface area is 120 Å². The number of aliphatic carboxylic acids is 1. The highest BCUT2D eigenvalue weighted by atomic mass is 19.1. The first-order chi connectivity index (χ1) is 9.97. The normalized spacial score (nSPS) is 16.8. The summed E-state index contributed by atoms with van der Waals surface area (Å²) in [5.74, 6) is -2.81. The van der Waals surface area contributed by atoms with Crippen molar-refractivity contribution in [2.24, 2.45) is 0 Å². The molecule has 0 radical (unpaired) electrons. The van der Waals surface area contributed by atoms with E-state index in [0.717, 1.165) is 0 Å². The van der Waals surface area contributed by atoms with Crippen molar-refractivity contribution >= 4 is 23.5 Å². The maximum Gasteiger partial charge on any atom is 0.303 e. The van der Waals surface area contributed by atoms with Crippen LogP contribution in [-0.2, 0) is 14.4 Å². The zero-order valence-corrected chi connectivity index (χ0v) is 11.2. The Hall–Kier alpha value is -2.44. The second-order valence-corrected chi connectivity index (χ2v) is 4.82. The minimum atomic E-state index is -0.929. The van der Waals surface area contributed by atoms with Gasteiger partial charge in [0.05, 0.1) is 5.92 Å². The van der Waals surface area contributed by atoms with Gasteiger partial charge in [-0.2, -0.15) is 0 Å². The van der Waals surface area contributed by atoms with E-state index >= 15 is 0 Å². The molecular formula is C14H15FN2O4. The molecular weight excluding hydrogens is 279 g/mol. The van der Waals surface area contributed by atoms with Gasteiger partial charge >= 0.3 is 5.97 Å². The summed E-state index contributed by atoms with van der Waals surface area (Å²) in [6.07, 6.45) is 0.271. The van der Waals surface area contributed by atoms with Crippen LogP contribution in [-0.4, -0.2) is 29.4 Å². The lowest BCUT2D eigenvalue weighted by atomic mass is 9.89. The van der Waals surface area contributed by atoms with Gasteiger partial charge in [-0.25, -0.2) is 4.39 Å². The lowest BCUT2D eigenvalue weighted by Crippen LogP contribution is -2.35. The molecule has 0 fully saturated rings. The molecule has 1 atom stereocenters. The molecule has 1 aliphatic heterocycles. The standard InChI is InChI=1S/C14H15FN2O4/c15-8-3-4-9-10(7-12(18)17-11(9)6-8)14(21)16-5-1-2-13(19)20/h3-4,6,10H,1-2,5,7H2,(H,16,21)(H,17,18)(H,19,20)/t10-/m1/s1. The predicted molar refractivity (Wildman–Crippen MR) is 72.3 cm³/mol. The van der Waals surface area contributed by atoms with Crippen LogP contribution >= 0.6 is 0 Å². The molecule has 0 bridgehead atoms. The van der Waals surface area contributed by atoms with E-state index in [-0.39, 0.29) is 31.2 Å². The van der Waals surface area contributed by atoms with Gasteiger partial charge in [-0.15, -0.1) is 0 Å². The average molecular weight is 294 g/mol. The lowest BCUT2D eigenvalue weighted by molar-refractivity contribution is -0.137. The van der Waals surface area contributed by atoms with Gasteiger partial charge in [-0.05, 0) is 24.1 Å². The van der Waals surface area contributed by atoms with Crippen LogP contribution in [0.4, 0.5) is 10.1 Å². The number of halogens is 1. The van der Waals surface area contributed by atoms with E-state index in [1.807, 2.05) is 0 Å². The quantitative estimate of drug-likeness (QED) is 0.712. The molecule has 1 aromatic carbocycles. The molecule has 0 spiro atoms. The summed E-state index contributed by atoms with van der Waals surface area (Å²) in [5, 5.41) is 13.7. The Balaban J connectivity index is 2.04. The molecule has 7 heteroatoms. The van der Waals surface area contributed by atoms with Crippen molar-refractivity contribution in [1.82, 2.24) is 5.32 Å². The molecule has 21 heavy (non-hydrogen) atoms. The van der Waals surface area contributed by atoms with Crippen molar-refractivity contribution in [2.75, 3.05) is 11.9 Å². The third-order valence-electron chi connectivity index (χ3n) is 3.24. The Bertz CT molecular complexity index is 588. The Kier molecular flexibility index (Phi) is 4.52. The number of carbonyl (C=O) groups is 3. The van der Waals surface area contributed by atoms with Crippen LogP contribution in [0.3, 0.4) is 0 Å². The van der Waals surface area contributed by atoms with Crippen LogP contribution in [0.25, 0.3) is 0 Å². The predicted octanol–water partition coefficient (Wildman–Crippen LogP) is 1.23. The van der Waals surface area contributed by atoms with Gasteiger partial charge in [0.2, 0.25) is 11.8 Å². The second kappa shape index (κ2) is 6.34. The molecule has 3 N–H and O–H groups in total. The number of carbonyl (C=O) groups excluding carboxylic acids is 2. The molecule has 112 valence electrons. The van der Waals surface area contributed by atoms with E-state index in [9.17, 15) is 18.8 Å². The summed E-state index contributed by atoms with van der Waals surface area (Å²) >= 11 is 0. The molecule has 1 aliphatic rings. The Morgan fingerprint density at radius 2 is 2.19 bits per heavy atom. The fourth-order valence-electron chi connectivity index (χ4n) is 2.25. The third-order valence-corrected chi connectivity index (χ3v) is 3.24. The van der Waals surface area contributed by atoms with Gasteiger partial charge in [0.15, 0.2) is 0 Å². The first kappa shape index (κ1) is 15.0. The fraction of sp³-hybridized carbons (Fsp3) is 0.357. The van der Waals surface area contributed by atoms with Crippen molar-refractivity contribution in [1.29, 1.82) is 0 Å². The van der Waals surface area contributed by atoms with Crippen LogP contribution < -0.4 is 10.6 Å². The van der Waals surface area contributed by atoms with Crippen LogP contribution in [0.5, 0.6) is 0 Å². The summed E-state index contributed by atoms with van der Waals surface area (Å²) in [5.41, 5.74) is 0.865. The van der Waals surface area contributed by atoms with E-state index in [4.69, 9.17) is 5.11 Å². The number of hydrogen-bond acceptors (Lipinski definition) is 3. The van der Waals surface area contributed by atoms with Crippen LogP contribution in [0.1, 0.15) is 30.7 Å². The van der Waals surface area contributed by atoms with Gasteiger partial charge in [0, 0.05) is 25.1 Å². The number of anilines is 1. The number of benzene rings is 1. The van der Waals surface area contributed by atoms with Crippen molar-refractivity contribution in [3.8, 4) is 0 Å². The largest absolute Gasteiger partial charge is 0.481 e. The SMILES string of the molecule is O=C(O)CCCNC(=O)[C@@H]1CC(=O)Nc2cc(F)ccc21. The van der Waals surface area contributed by atoms with E-state index < -0.39 is 17.7 Å². The van der Waals surface area contributed by atoms with E-state index in [0.29, 0.717) is 17.7 Å². The third kappa shape index (κ3) is 3.77. The molecule has 0 saturated carbocycles. The average Bonchev–Trinajstić information content (AvgIpc) is 2.41. The first-order valence-corrected chi connectivity index (χ1v) is 6.56. The maximum atomic E-state index is 13.2. The number of nitrogens with one attached hydrogen (secondary N) is 2. The Morgan fingerprint density at radius 3 is 2.90 bits per heavy atom. The van der Waals surface area contributed by atoms with E-state index in [1.54, 1.807) is 0 Å². The number of amides is 2.